The van der Waals surface area contributed by atoms with Gasteiger partial charge in [-0.15, -0.1) is 0 Å². The number of aryl methyl sites for hydroxylation is 1. The SMILES string of the molecule is COc1ccc(NC(=O)C2(C)Oc3ccccc3NC2=O)c(C)c1. The summed E-state index contributed by atoms with van der Waals surface area (Å²) in [5.41, 5.74) is 0.314. The van der Waals surface area contributed by atoms with E-state index in [-0.39, 0.29) is 0 Å². The van der Waals surface area contributed by atoms with Crippen LogP contribution in [0.4, 0.5) is 11.4 Å². The van der Waals surface area contributed by atoms with E-state index in [2.05, 4.69) is 10.6 Å². The largest absolute Gasteiger partial charge is 0.497 e. The number of methoxy groups -OCH3 is 1. The first-order valence-electron chi connectivity index (χ1n) is 7.49. The lowest BCUT2D eigenvalue weighted by Crippen LogP contribution is -2.56. The van der Waals surface area contributed by atoms with Gasteiger partial charge in [0.2, 0.25) is 0 Å². The van der Waals surface area contributed by atoms with Crippen LogP contribution in [0.15, 0.2) is 42.5 Å². The van der Waals surface area contributed by atoms with E-state index in [1.54, 1.807) is 49.6 Å². The van der Waals surface area contributed by atoms with Gasteiger partial charge >= 0.3 is 0 Å². The van der Waals surface area contributed by atoms with Gasteiger partial charge in [0.05, 0.1) is 12.8 Å². The summed E-state index contributed by atoms with van der Waals surface area (Å²) in [7, 11) is 1.58. The Bertz CT molecular complexity index is 818. The Morgan fingerprint density at radius 1 is 1.25 bits per heavy atom. The molecule has 1 heterocycles. The number of benzene rings is 2. The van der Waals surface area contributed by atoms with Gasteiger partial charge in [-0.1, -0.05) is 12.1 Å². The van der Waals surface area contributed by atoms with Gasteiger partial charge in [0.15, 0.2) is 0 Å². The summed E-state index contributed by atoms with van der Waals surface area (Å²) in [5.74, 6) is 0.103. The van der Waals surface area contributed by atoms with Crippen LogP contribution in [0.25, 0.3) is 0 Å². The van der Waals surface area contributed by atoms with Gasteiger partial charge in [0.25, 0.3) is 17.4 Å². The van der Waals surface area contributed by atoms with Crippen LogP contribution < -0.4 is 20.1 Å². The highest BCUT2D eigenvalue weighted by molar-refractivity contribution is 6.19. The third-order valence-corrected chi connectivity index (χ3v) is 4.00. The van der Waals surface area contributed by atoms with Crippen molar-refractivity contribution in [2.24, 2.45) is 0 Å². The fourth-order valence-corrected chi connectivity index (χ4v) is 2.46. The average molecular weight is 326 g/mol. The molecular weight excluding hydrogens is 308 g/mol. The molecule has 0 spiro atoms. The molecule has 0 aliphatic carbocycles. The molecule has 2 N–H and O–H groups in total. The molecule has 6 heteroatoms. The Morgan fingerprint density at radius 2 is 2.00 bits per heavy atom. The second kappa shape index (κ2) is 5.88. The molecule has 0 aromatic heterocycles. The first-order chi connectivity index (χ1) is 11.4. The van der Waals surface area contributed by atoms with Gasteiger partial charge in [-0.3, -0.25) is 9.59 Å². The Balaban J connectivity index is 1.85. The summed E-state index contributed by atoms with van der Waals surface area (Å²) >= 11 is 0. The van der Waals surface area contributed by atoms with Gasteiger partial charge in [0, 0.05) is 5.69 Å². The molecule has 0 radical (unpaired) electrons. The quantitative estimate of drug-likeness (QED) is 0.850. The minimum Gasteiger partial charge on any atom is -0.497 e. The zero-order valence-corrected chi connectivity index (χ0v) is 13.7. The summed E-state index contributed by atoms with van der Waals surface area (Å²) in [6.45, 7) is 3.30. The number of hydrogen-bond acceptors (Lipinski definition) is 4. The van der Waals surface area contributed by atoms with Gasteiger partial charge in [-0.05, 0) is 49.7 Å². The van der Waals surface area contributed by atoms with E-state index in [1.807, 2.05) is 6.92 Å². The zero-order chi connectivity index (χ0) is 17.3. The smallest absolute Gasteiger partial charge is 0.278 e. The van der Waals surface area contributed by atoms with Crippen LogP contribution in [0, 0.1) is 6.92 Å². The van der Waals surface area contributed by atoms with E-state index in [4.69, 9.17) is 9.47 Å². The molecule has 0 saturated carbocycles. The van der Waals surface area contributed by atoms with Gasteiger partial charge in [0.1, 0.15) is 11.5 Å². The van der Waals surface area contributed by atoms with E-state index in [9.17, 15) is 9.59 Å². The molecule has 1 unspecified atom stereocenters. The summed E-state index contributed by atoms with van der Waals surface area (Å²) in [6, 6.07) is 12.3. The second-order valence-electron chi connectivity index (χ2n) is 5.72. The van der Waals surface area contributed by atoms with Crippen molar-refractivity contribution in [2.75, 3.05) is 17.7 Å². The highest BCUT2D eigenvalue weighted by Crippen LogP contribution is 2.34. The number of fused-ring (bicyclic) bond motifs is 1. The third-order valence-electron chi connectivity index (χ3n) is 4.00. The molecule has 1 atom stereocenters. The number of ether oxygens (including phenoxy) is 2. The molecule has 2 aromatic carbocycles. The summed E-state index contributed by atoms with van der Waals surface area (Å²) < 4.78 is 10.8. The molecular formula is C18H18N2O4. The zero-order valence-electron chi connectivity index (χ0n) is 13.7. The maximum Gasteiger partial charge on any atom is 0.278 e. The van der Waals surface area contributed by atoms with Gasteiger partial charge < -0.3 is 20.1 Å². The monoisotopic (exact) mass is 326 g/mol. The Labute approximate surface area is 139 Å². The molecule has 0 fully saturated rings. The molecule has 2 amide bonds. The summed E-state index contributed by atoms with van der Waals surface area (Å²) in [5, 5.41) is 5.46. The summed E-state index contributed by atoms with van der Waals surface area (Å²) in [4.78, 5) is 25.1. The number of carbonyl (C=O) groups excluding carboxylic acids is 2. The van der Waals surface area contributed by atoms with Crippen LogP contribution in [0.5, 0.6) is 11.5 Å². The maximum absolute atomic E-state index is 12.7. The fourth-order valence-electron chi connectivity index (χ4n) is 2.46. The van der Waals surface area contributed by atoms with Crippen molar-refractivity contribution in [1.29, 1.82) is 0 Å². The molecule has 1 aliphatic rings. The van der Waals surface area contributed by atoms with Crippen LogP contribution in [-0.2, 0) is 9.59 Å². The number of carbonyl (C=O) groups is 2. The molecule has 6 nitrogen and oxygen atoms in total. The van der Waals surface area contributed by atoms with Crippen molar-refractivity contribution < 1.29 is 19.1 Å². The maximum atomic E-state index is 12.7. The van der Waals surface area contributed by atoms with Crippen molar-refractivity contribution in [3.8, 4) is 11.5 Å². The number of rotatable bonds is 3. The van der Waals surface area contributed by atoms with E-state index in [0.717, 1.165) is 5.56 Å². The first kappa shape index (κ1) is 15.9. The Hall–Kier alpha value is -3.02. The molecule has 124 valence electrons. The standard InChI is InChI=1S/C18H18N2O4/c1-11-10-12(23-3)8-9-13(11)19-16(21)18(2)17(22)20-14-6-4-5-7-15(14)24-18/h4-10H,1-3H3,(H,19,21)(H,20,22). The minimum atomic E-state index is -1.65. The lowest BCUT2D eigenvalue weighted by Gasteiger charge is -2.33. The number of para-hydroxylation sites is 2. The van der Waals surface area contributed by atoms with Crippen molar-refractivity contribution in [3.05, 3.63) is 48.0 Å². The van der Waals surface area contributed by atoms with E-state index >= 15 is 0 Å². The second-order valence-corrected chi connectivity index (χ2v) is 5.72. The van der Waals surface area contributed by atoms with Crippen LogP contribution in [0.3, 0.4) is 0 Å². The van der Waals surface area contributed by atoms with Crippen LogP contribution >= 0.6 is 0 Å². The molecule has 24 heavy (non-hydrogen) atoms. The highest BCUT2D eigenvalue weighted by atomic mass is 16.5. The van der Waals surface area contributed by atoms with Crippen LogP contribution in [0.2, 0.25) is 0 Å². The van der Waals surface area contributed by atoms with Crippen molar-refractivity contribution in [1.82, 2.24) is 0 Å². The Kier molecular flexibility index (Phi) is 3.89. The number of anilines is 2. The van der Waals surface area contributed by atoms with E-state index in [1.165, 1.54) is 6.92 Å². The van der Waals surface area contributed by atoms with E-state index in [0.29, 0.717) is 22.9 Å². The van der Waals surface area contributed by atoms with Crippen molar-refractivity contribution in [3.63, 3.8) is 0 Å². The highest BCUT2D eigenvalue weighted by Gasteiger charge is 2.47. The Morgan fingerprint density at radius 3 is 2.71 bits per heavy atom. The lowest BCUT2D eigenvalue weighted by atomic mass is 10.0. The molecule has 3 rings (SSSR count). The first-order valence-corrected chi connectivity index (χ1v) is 7.49. The van der Waals surface area contributed by atoms with Gasteiger partial charge in [-0.2, -0.15) is 0 Å². The lowest BCUT2D eigenvalue weighted by molar-refractivity contribution is -0.143. The molecule has 0 saturated heterocycles. The normalized spacial score (nSPS) is 18.9. The predicted octanol–water partition coefficient (Wildman–Crippen LogP) is 2.73. The molecule has 2 aromatic rings. The number of amides is 2. The minimum absolute atomic E-state index is 0.459. The van der Waals surface area contributed by atoms with Crippen LogP contribution in [0.1, 0.15) is 12.5 Å². The van der Waals surface area contributed by atoms with Crippen LogP contribution in [-0.4, -0.2) is 24.5 Å². The molecule has 1 aliphatic heterocycles. The fraction of sp³-hybridized carbons (Fsp3) is 0.222. The van der Waals surface area contributed by atoms with Crippen molar-refractivity contribution >= 4 is 23.2 Å². The average Bonchev–Trinajstić information content (AvgIpc) is 2.57. The topological polar surface area (TPSA) is 76.7 Å². The number of hydrogen-bond donors (Lipinski definition) is 2. The predicted molar refractivity (Wildman–Crippen MR) is 90.5 cm³/mol. The molecule has 0 bridgehead atoms. The van der Waals surface area contributed by atoms with Gasteiger partial charge in [-0.25, -0.2) is 0 Å². The van der Waals surface area contributed by atoms with E-state index < -0.39 is 17.4 Å². The summed E-state index contributed by atoms with van der Waals surface area (Å²) in [6.07, 6.45) is 0. The third kappa shape index (κ3) is 2.67. The number of nitrogens with one attached hydrogen (secondary N) is 2. The van der Waals surface area contributed by atoms with Crippen molar-refractivity contribution in [2.45, 2.75) is 19.4 Å².